The minimum absolute atomic E-state index is 0.0399. The van der Waals surface area contributed by atoms with Gasteiger partial charge in [-0.3, -0.25) is 19.2 Å². The topological polar surface area (TPSA) is 138 Å². The van der Waals surface area contributed by atoms with Crippen molar-refractivity contribution in [3.05, 3.63) is 23.8 Å². The maximum absolute atomic E-state index is 14.3. The molecule has 8 heteroatoms. The van der Waals surface area contributed by atoms with Crippen molar-refractivity contribution in [2.45, 2.75) is 111 Å². The number of ether oxygens (including phenoxy) is 1. The molecule has 3 fully saturated rings. The normalized spacial score (nSPS) is 42.4. The van der Waals surface area contributed by atoms with Crippen LogP contribution in [-0.2, 0) is 23.9 Å². The minimum Gasteiger partial charge on any atom is -0.456 e. The van der Waals surface area contributed by atoms with Crippen LogP contribution in [0.4, 0.5) is 0 Å². The molecule has 4 aliphatic carbocycles. The van der Waals surface area contributed by atoms with Gasteiger partial charge < -0.3 is 20.1 Å². The zero-order valence-corrected chi connectivity index (χ0v) is 25.3. The van der Waals surface area contributed by atoms with Crippen LogP contribution in [0.25, 0.3) is 0 Å². The molecule has 8 nitrogen and oxygen atoms in total. The Kier molecular flexibility index (Phi) is 7.06. The van der Waals surface area contributed by atoms with Gasteiger partial charge in [-0.1, -0.05) is 46.3 Å². The lowest BCUT2D eigenvalue weighted by molar-refractivity contribution is -0.183. The van der Waals surface area contributed by atoms with E-state index in [-0.39, 0.29) is 36.2 Å². The number of hydrogen-bond donors (Lipinski definition) is 3. The van der Waals surface area contributed by atoms with Gasteiger partial charge in [-0.15, -0.1) is 0 Å². The van der Waals surface area contributed by atoms with Gasteiger partial charge in [-0.25, -0.2) is 0 Å². The van der Waals surface area contributed by atoms with E-state index in [4.69, 9.17) is 4.74 Å². The first-order valence-electron chi connectivity index (χ1n) is 14.4. The number of allylic oxidation sites excluding steroid dienone is 1. The summed E-state index contributed by atoms with van der Waals surface area (Å²) in [7, 11) is 0. The number of rotatable bonds is 5. The third kappa shape index (κ3) is 4.11. The molecule has 4 aliphatic rings. The first-order valence-corrected chi connectivity index (χ1v) is 14.4. The number of hydrogen-bond acceptors (Lipinski definition) is 8. The molecule has 0 heterocycles. The number of carbonyl (C=O) groups excluding carboxylic acids is 4. The molecule has 0 radical (unpaired) electrons. The summed E-state index contributed by atoms with van der Waals surface area (Å²) in [6, 6.07) is 0. The largest absolute Gasteiger partial charge is 0.456 e. The minimum atomic E-state index is -1.99. The Bertz CT molecular complexity index is 1210. The Balaban J connectivity index is 1.75. The molecule has 0 spiro atoms. The molecule has 9 atom stereocenters. The molecule has 222 valence electrons. The van der Waals surface area contributed by atoms with Crippen molar-refractivity contribution in [2.24, 2.45) is 39.4 Å². The van der Waals surface area contributed by atoms with E-state index < -0.39 is 62.7 Å². The van der Waals surface area contributed by atoms with Gasteiger partial charge in [0.25, 0.3) is 0 Å². The third-order valence-electron chi connectivity index (χ3n) is 11.6. The van der Waals surface area contributed by atoms with Crippen LogP contribution < -0.4 is 0 Å². The highest BCUT2D eigenvalue weighted by Crippen LogP contribution is 2.74. The summed E-state index contributed by atoms with van der Waals surface area (Å²) in [5, 5.41) is 33.9. The number of carbonyl (C=O) groups is 4. The molecular formula is C32H46O8. The molecule has 0 aromatic heterocycles. The first-order chi connectivity index (χ1) is 18.1. The lowest BCUT2D eigenvalue weighted by atomic mass is 9.38. The standard InChI is InChI=1S/C32H46O8/c1-17(33)40-27(2,3)13-12-23(36)32(9,39)25-21(35)15-29(6)22-11-10-18-19(14-20(34)26(38)28(18,4)5)31(22,8)24(37)16-30(25,29)7/h10,12-13,19,21-22,25-26,35,38-39H,11,14-16H2,1-9H3/b13-12+/t19-,21+,22-,25+,26+,29+,30+,31-,32-/m0/s1. The average Bonchev–Trinajstić information content (AvgIpc) is 3.01. The predicted octanol–water partition coefficient (Wildman–Crippen LogP) is 3.50. The zero-order chi connectivity index (χ0) is 30.4. The fraction of sp³-hybridized carbons (Fsp3) is 0.750. The number of aliphatic hydroxyl groups is 3. The highest BCUT2D eigenvalue weighted by Gasteiger charge is 2.74. The van der Waals surface area contributed by atoms with Crippen LogP contribution >= 0.6 is 0 Å². The second kappa shape index (κ2) is 9.17. The summed E-state index contributed by atoms with van der Waals surface area (Å²) in [6.07, 6.45) is 3.50. The van der Waals surface area contributed by atoms with Crippen LogP contribution in [0.5, 0.6) is 0 Å². The van der Waals surface area contributed by atoms with Crippen molar-refractivity contribution in [2.75, 3.05) is 0 Å². The van der Waals surface area contributed by atoms with E-state index >= 15 is 0 Å². The number of fused-ring (bicyclic) bond motifs is 5. The quantitative estimate of drug-likeness (QED) is 0.265. The van der Waals surface area contributed by atoms with Gasteiger partial charge >= 0.3 is 5.97 Å². The van der Waals surface area contributed by atoms with Crippen molar-refractivity contribution >= 4 is 23.3 Å². The molecule has 0 unspecified atom stereocenters. The van der Waals surface area contributed by atoms with Crippen LogP contribution in [-0.4, -0.2) is 62.0 Å². The van der Waals surface area contributed by atoms with E-state index in [1.165, 1.54) is 26.0 Å². The molecule has 4 rings (SSSR count). The van der Waals surface area contributed by atoms with Crippen molar-refractivity contribution < 1.29 is 39.2 Å². The summed E-state index contributed by atoms with van der Waals surface area (Å²) in [6.45, 7) is 15.5. The van der Waals surface area contributed by atoms with Crippen LogP contribution in [0.15, 0.2) is 23.8 Å². The van der Waals surface area contributed by atoms with Crippen molar-refractivity contribution in [3.63, 3.8) is 0 Å². The molecule has 3 N–H and O–H groups in total. The Labute approximate surface area is 237 Å². The van der Waals surface area contributed by atoms with Gasteiger partial charge in [0.05, 0.1) is 6.10 Å². The molecule has 0 aliphatic heterocycles. The Morgan fingerprint density at radius 3 is 2.23 bits per heavy atom. The van der Waals surface area contributed by atoms with E-state index in [0.29, 0.717) is 12.8 Å². The van der Waals surface area contributed by atoms with Crippen LogP contribution in [0.3, 0.4) is 0 Å². The van der Waals surface area contributed by atoms with Gasteiger partial charge in [-0.2, -0.15) is 0 Å². The second-order valence-corrected chi connectivity index (χ2v) is 14.8. The Morgan fingerprint density at radius 2 is 1.65 bits per heavy atom. The summed E-state index contributed by atoms with van der Waals surface area (Å²) in [5.74, 6) is -2.96. The summed E-state index contributed by atoms with van der Waals surface area (Å²) in [4.78, 5) is 52.1. The SMILES string of the molecule is CC(=O)OC(C)(C)/C=C/C(=O)[C@](C)(O)[C@@H]1[C@H](O)C[C@]2(C)[C@@H]3CC=C4[C@H](CC(=O)[C@@H](O)C4(C)C)[C@]3(C)C(=O)C[C@]12C. The lowest BCUT2D eigenvalue weighted by Crippen LogP contribution is -2.65. The highest BCUT2D eigenvalue weighted by atomic mass is 16.6. The van der Waals surface area contributed by atoms with Gasteiger partial charge in [-0.05, 0) is 68.4 Å². The summed E-state index contributed by atoms with van der Waals surface area (Å²) >= 11 is 0. The van der Waals surface area contributed by atoms with Gasteiger partial charge in [0.1, 0.15) is 23.1 Å². The summed E-state index contributed by atoms with van der Waals surface area (Å²) in [5.41, 5.74) is -5.33. The monoisotopic (exact) mass is 558 g/mol. The molecule has 40 heavy (non-hydrogen) atoms. The van der Waals surface area contributed by atoms with E-state index in [0.717, 1.165) is 5.57 Å². The molecule has 0 amide bonds. The number of esters is 1. The van der Waals surface area contributed by atoms with Gasteiger partial charge in [0.15, 0.2) is 11.6 Å². The van der Waals surface area contributed by atoms with Crippen LogP contribution in [0.2, 0.25) is 0 Å². The van der Waals surface area contributed by atoms with E-state index in [9.17, 15) is 34.5 Å². The predicted molar refractivity (Wildman–Crippen MR) is 148 cm³/mol. The van der Waals surface area contributed by atoms with Crippen molar-refractivity contribution in [1.82, 2.24) is 0 Å². The fourth-order valence-electron chi connectivity index (χ4n) is 9.35. The van der Waals surface area contributed by atoms with Gasteiger partial charge in [0, 0.05) is 36.5 Å². The molecule has 0 aromatic rings. The Hall–Kier alpha value is -2.16. The van der Waals surface area contributed by atoms with Gasteiger partial charge in [0.2, 0.25) is 0 Å². The molecule has 3 saturated carbocycles. The molecule has 0 bridgehead atoms. The second-order valence-electron chi connectivity index (χ2n) is 14.8. The molecular weight excluding hydrogens is 512 g/mol. The van der Waals surface area contributed by atoms with E-state index in [1.807, 2.05) is 27.7 Å². The highest BCUT2D eigenvalue weighted by molar-refractivity contribution is 5.97. The first kappa shape index (κ1) is 30.8. The Morgan fingerprint density at radius 1 is 1.05 bits per heavy atom. The van der Waals surface area contributed by atoms with Crippen molar-refractivity contribution in [3.8, 4) is 0 Å². The number of aliphatic hydroxyl groups excluding tert-OH is 2. The van der Waals surface area contributed by atoms with Crippen molar-refractivity contribution in [1.29, 1.82) is 0 Å². The average molecular weight is 559 g/mol. The molecule has 0 aromatic carbocycles. The van der Waals surface area contributed by atoms with E-state index in [1.54, 1.807) is 13.8 Å². The maximum atomic E-state index is 14.3. The molecule has 0 saturated heterocycles. The smallest absolute Gasteiger partial charge is 0.303 e. The fourth-order valence-corrected chi connectivity index (χ4v) is 9.35. The number of Topliss-reactive ketones (excluding diaryl/α,β-unsaturated/α-hetero) is 2. The third-order valence-corrected chi connectivity index (χ3v) is 11.6. The van der Waals surface area contributed by atoms with E-state index in [2.05, 4.69) is 13.0 Å². The van der Waals surface area contributed by atoms with Crippen LogP contribution in [0, 0.1) is 39.4 Å². The maximum Gasteiger partial charge on any atom is 0.303 e. The zero-order valence-electron chi connectivity index (χ0n) is 25.3. The lowest BCUT2D eigenvalue weighted by Gasteiger charge is -2.64. The number of ketones is 3. The van der Waals surface area contributed by atoms with Crippen LogP contribution in [0.1, 0.15) is 88.0 Å². The summed E-state index contributed by atoms with van der Waals surface area (Å²) < 4.78 is 5.23.